The van der Waals surface area contributed by atoms with Crippen molar-refractivity contribution < 1.29 is 4.79 Å². The summed E-state index contributed by atoms with van der Waals surface area (Å²) < 4.78 is 0. The van der Waals surface area contributed by atoms with Crippen LogP contribution in [0, 0.1) is 0 Å². The van der Waals surface area contributed by atoms with E-state index in [2.05, 4.69) is 11.5 Å². The number of hydrogen-bond acceptors (Lipinski definition) is 1. The van der Waals surface area contributed by atoms with Crippen LogP contribution in [0.15, 0.2) is 0 Å². The van der Waals surface area contributed by atoms with E-state index >= 15 is 0 Å². The Balaban J connectivity index is -0.0000000450. The normalized spacial score (nSPS) is 4.00. The van der Waals surface area contributed by atoms with Gasteiger partial charge in [-0.15, -0.1) is 0 Å². The lowest BCUT2D eigenvalue weighted by Gasteiger charge is -1.62. The van der Waals surface area contributed by atoms with Crippen LogP contribution in [-0.4, -0.2) is 6.03 Å². The van der Waals surface area contributed by atoms with Gasteiger partial charge in [0.15, 0.2) is 0 Å². The van der Waals surface area contributed by atoms with E-state index in [1.807, 2.05) is 0 Å². The van der Waals surface area contributed by atoms with E-state index in [0.717, 1.165) is 0 Å². The van der Waals surface area contributed by atoms with Gasteiger partial charge in [0.05, 0.1) is 0 Å². The first kappa shape index (κ1) is 16.7. The second-order valence-corrected chi connectivity index (χ2v) is 0.402. The van der Waals surface area contributed by atoms with Crippen molar-refractivity contribution in [1.29, 1.82) is 0 Å². The molecule has 4 N–H and O–H groups in total. The van der Waals surface area contributed by atoms with Crippen LogP contribution in [-0.2, 0) is 0 Å². The largest absolute Gasteiger partial charge is 0.352 e. The Bertz CT molecular complexity index is 34.5. The first-order valence-corrected chi connectivity index (χ1v) is 0.781. The maximum atomic E-state index is 9.00. The first-order chi connectivity index (χ1) is 1.73. The molecule has 0 aromatic heterocycles. The van der Waals surface area contributed by atoms with Crippen molar-refractivity contribution in [1.82, 2.24) is 0 Å². The monoisotopic (exact) mass is 128 g/mol. The maximum absolute atomic E-state index is 9.00. The smallest absolute Gasteiger partial charge is 0.309 e. The van der Waals surface area contributed by atoms with Crippen LogP contribution >= 0.6 is 27.0 Å². The Morgan fingerprint density at radius 1 is 1.17 bits per heavy atom. The standard InChI is InChI=1S/CH4N2O.2H2S/c2-1(3)4;;/h(H4,2,3,4);2*1H2. The highest BCUT2D eigenvalue weighted by Crippen LogP contribution is 1.25. The quantitative estimate of drug-likeness (QED) is 0.443. The van der Waals surface area contributed by atoms with Gasteiger partial charge in [-0.05, 0) is 0 Å². The lowest BCUT2D eigenvalue weighted by molar-refractivity contribution is 0.256. The highest BCUT2D eigenvalue weighted by atomic mass is 32.1. The second kappa shape index (κ2) is 8.88. The molecule has 0 heterocycles. The molecule has 0 rings (SSSR count). The van der Waals surface area contributed by atoms with Gasteiger partial charge in [-0.25, -0.2) is 4.79 Å². The zero-order chi connectivity index (χ0) is 3.58. The molecule has 0 aliphatic carbocycles. The van der Waals surface area contributed by atoms with Crippen molar-refractivity contribution in [3.63, 3.8) is 0 Å². The summed E-state index contributed by atoms with van der Waals surface area (Å²) in [4.78, 5) is 9.00. The summed E-state index contributed by atoms with van der Waals surface area (Å²) in [6.45, 7) is 0. The van der Waals surface area contributed by atoms with E-state index in [-0.39, 0.29) is 27.0 Å². The summed E-state index contributed by atoms with van der Waals surface area (Å²) in [5.74, 6) is 0. The minimum Gasteiger partial charge on any atom is -0.352 e. The van der Waals surface area contributed by atoms with Crippen molar-refractivity contribution >= 4 is 33.0 Å². The van der Waals surface area contributed by atoms with E-state index in [0.29, 0.717) is 0 Å². The highest BCUT2D eigenvalue weighted by molar-refractivity contribution is 7.59. The maximum Gasteiger partial charge on any atom is 0.309 e. The van der Waals surface area contributed by atoms with Gasteiger partial charge in [0.1, 0.15) is 0 Å². The molecule has 0 saturated heterocycles. The molecule has 0 radical (unpaired) electrons. The summed E-state index contributed by atoms with van der Waals surface area (Å²) in [6.07, 6.45) is 0. The molecule has 2 amide bonds. The number of carbonyl (C=O) groups is 1. The molecule has 0 bridgehead atoms. The minimum atomic E-state index is -0.833. The molecular weight excluding hydrogens is 120 g/mol. The van der Waals surface area contributed by atoms with Gasteiger partial charge in [0.25, 0.3) is 0 Å². The van der Waals surface area contributed by atoms with Crippen molar-refractivity contribution in [2.75, 3.05) is 0 Å². The zero-order valence-corrected chi connectivity index (χ0v) is 5.06. The molecule has 0 aromatic carbocycles. The van der Waals surface area contributed by atoms with Gasteiger partial charge in [-0.3, -0.25) is 0 Å². The summed E-state index contributed by atoms with van der Waals surface area (Å²) in [7, 11) is 0. The van der Waals surface area contributed by atoms with E-state index in [9.17, 15) is 0 Å². The highest BCUT2D eigenvalue weighted by Gasteiger charge is 1.60. The summed E-state index contributed by atoms with van der Waals surface area (Å²) >= 11 is 0. The van der Waals surface area contributed by atoms with E-state index in [1.54, 1.807) is 0 Å². The lowest BCUT2D eigenvalue weighted by atomic mass is 11.2. The average Bonchev–Trinajstić information content (AvgIpc) is 0.811. The fourth-order valence-corrected chi connectivity index (χ4v) is 0. The Labute approximate surface area is 50.0 Å². The van der Waals surface area contributed by atoms with Crippen LogP contribution < -0.4 is 11.5 Å². The molecular formula is CH8N2OS2. The van der Waals surface area contributed by atoms with Gasteiger partial charge in [0, 0.05) is 0 Å². The lowest BCUT2D eigenvalue weighted by Crippen LogP contribution is -2.18. The number of nitrogens with two attached hydrogens (primary N) is 2. The van der Waals surface area contributed by atoms with Crippen LogP contribution in [0.5, 0.6) is 0 Å². The third kappa shape index (κ3) is 38900. The number of primary amides is 2. The molecule has 0 spiro atoms. The van der Waals surface area contributed by atoms with Gasteiger partial charge in [-0.2, -0.15) is 27.0 Å². The van der Waals surface area contributed by atoms with Crippen LogP contribution in [0.4, 0.5) is 4.79 Å². The number of amides is 2. The number of urea groups is 1. The van der Waals surface area contributed by atoms with Gasteiger partial charge in [0.2, 0.25) is 0 Å². The second-order valence-electron chi connectivity index (χ2n) is 0.402. The Morgan fingerprint density at radius 3 is 1.17 bits per heavy atom. The van der Waals surface area contributed by atoms with E-state index in [1.165, 1.54) is 0 Å². The molecule has 0 atom stereocenters. The SMILES string of the molecule is NC(N)=O.S.S. The minimum absolute atomic E-state index is 0. The van der Waals surface area contributed by atoms with Crippen molar-refractivity contribution in [3.8, 4) is 0 Å². The zero-order valence-electron chi connectivity index (χ0n) is 3.06. The van der Waals surface area contributed by atoms with Crippen LogP contribution in [0.25, 0.3) is 0 Å². The molecule has 0 saturated carbocycles. The molecule has 0 aromatic rings. The number of hydrogen-bond donors (Lipinski definition) is 2. The predicted molar refractivity (Wildman–Crippen MR) is 34.5 cm³/mol. The van der Waals surface area contributed by atoms with Crippen LogP contribution in [0.2, 0.25) is 0 Å². The van der Waals surface area contributed by atoms with Crippen LogP contribution in [0.1, 0.15) is 0 Å². The fraction of sp³-hybridized carbons (Fsp3) is 0. The van der Waals surface area contributed by atoms with E-state index < -0.39 is 6.03 Å². The van der Waals surface area contributed by atoms with Crippen molar-refractivity contribution in [2.45, 2.75) is 0 Å². The van der Waals surface area contributed by atoms with Crippen LogP contribution in [0.3, 0.4) is 0 Å². The Morgan fingerprint density at radius 2 is 1.17 bits per heavy atom. The number of carbonyl (C=O) groups excluding carboxylic acids is 1. The summed E-state index contributed by atoms with van der Waals surface area (Å²) in [5, 5.41) is 0. The fourth-order valence-electron chi connectivity index (χ4n) is 0. The molecule has 0 aliphatic rings. The predicted octanol–water partition coefficient (Wildman–Crippen LogP) is -0.751. The molecule has 0 aliphatic heterocycles. The third-order valence-electron chi connectivity index (χ3n) is 0. The summed E-state index contributed by atoms with van der Waals surface area (Å²) in [5.41, 5.74) is 8.50. The van der Waals surface area contributed by atoms with Gasteiger partial charge >= 0.3 is 6.03 Å². The third-order valence-corrected chi connectivity index (χ3v) is 0. The van der Waals surface area contributed by atoms with Crippen molar-refractivity contribution in [3.05, 3.63) is 0 Å². The van der Waals surface area contributed by atoms with Crippen molar-refractivity contribution in [2.24, 2.45) is 11.5 Å². The topological polar surface area (TPSA) is 69.1 Å². The molecule has 5 heteroatoms. The first-order valence-electron chi connectivity index (χ1n) is 0.781. The molecule has 0 unspecified atom stereocenters. The Kier molecular flexibility index (Phi) is 24.7. The molecule has 0 fully saturated rings. The van der Waals surface area contributed by atoms with E-state index in [4.69, 9.17) is 4.79 Å². The molecule has 3 nitrogen and oxygen atoms in total. The van der Waals surface area contributed by atoms with Gasteiger partial charge < -0.3 is 11.5 Å². The van der Waals surface area contributed by atoms with Gasteiger partial charge in [-0.1, -0.05) is 0 Å². The number of rotatable bonds is 0. The average molecular weight is 128 g/mol. The Hall–Kier alpha value is -0.0300. The molecule has 6 heavy (non-hydrogen) atoms. The summed E-state index contributed by atoms with van der Waals surface area (Å²) in [6, 6.07) is -0.833. The molecule has 40 valence electrons.